The zero-order valence-electron chi connectivity index (χ0n) is 15.1. The van der Waals surface area contributed by atoms with E-state index in [1.165, 1.54) is 25.3 Å². The molecule has 3 rings (SSSR count). The topological polar surface area (TPSA) is 36.9 Å². The molecule has 1 aliphatic rings. The number of nitrogens with one attached hydrogen (secondary N) is 1. The normalized spacial score (nSPS) is 15.4. The first-order valence-corrected chi connectivity index (χ1v) is 9.60. The van der Waals surface area contributed by atoms with Gasteiger partial charge in [0.15, 0.2) is 0 Å². The van der Waals surface area contributed by atoms with Crippen molar-refractivity contribution in [2.45, 2.75) is 33.1 Å². The molecule has 6 heteroatoms. The zero-order chi connectivity index (χ0) is 18.5. The van der Waals surface area contributed by atoms with E-state index in [0.717, 1.165) is 35.7 Å². The molecule has 0 unspecified atom stereocenters. The molecule has 0 bridgehead atoms. The first-order valence-electron chi connectivity index (χ1n) is 8.81. The highest BCUT2D eigenvalue weighted by atomic mass is 79.9. The molecule has 1 aliphatic heterocycles. The van der Waals surface area contributed by atoms with Crippen LogP contribution in [-0.4, -0.2) is 24.4 Å². The van der Waals surface area contributed by atoms with Crippen LogP contribution in [0.1, 0.15) is 30.4 Å². The van der Waals surface area contributed by atoms with E-state index in [9.17, 15) is 4.39 Å². The Balaban J connectivity index is 1.69. The predicted octanol–water partition coefficient (Wildman–Crippen LogP) is 5.65. The van der Waals surface area contributed by atoms with Gasteiger partial charge in [-0.2, -0.15) is 0 Å². The Kier molecular flexibility index (Phi) is 6.27. The third-order valence-electron chi connectivity index (χ3n) is 4.41. The number of aryl methyl sites for hydroxylation is 2. The maximum atomic E-state index is 13.4. The summed E-state index contributed by atoms with van der Waals surface area (Å²) >= 11 is 3.18. The van der Waals surface area contributed by atoms with E-state index in [2.05, 4.69) is 31.4 Å². The molecule has 0 aliphatic carbocycles. The molecular weight excluding hydrogens is 397 g/mol. The number of ether oxygens (including phenoxy) is 1. The average Bonchev–Trinajstić information content (AvgIpc) is 2.63. The minimum atomic E-state index is -0.309. The van der Waals surface area contributed by atoms with E-state index in [1.54, 1.807) is 18.5 Å². The van der Waals surface area contributed by atoms with Gasteiger partial charge in [0.05, 0.1) is 10.2 Å². The Morgan fingerprint density at radius 2 is 1.88 bits per heavy atom. The Hall–Kier alpha value is -1.92. The van der Waals surface area contributed by atoms with Crippen LogP contribution in [0.3, 0.4) is 0 Å². The zero-order valence-corrected chi connectivity index (χ0v) is 16.6. The molecule has 0 aromatic heterocycles. The highest BCUT2D eigenvalue weighted by Crippen LogP contribution is 2.32. The first-order chi connectivity index (χ1) is 12.5. The lowest BCUT2D eigenvalue weighted by Crippen LogP contribution is -2.40. The second-order valence-corrected chi connectivity index (χ2v) is 7.37. The van der Waals surface area contributed by atoms with E-state index in [1.807, 2.05) is 26.0 Å². The van der Waals surface area contributed by atoms with Gasteiger partial charge in [-0.1, -0.05) is 6.42 Å². The van der Waals surface area contributed by atoms with E-state index >= 15 is 0 Å². The summed E-state index contributed by atoms with van der Waals surface area (Å²) in [5.74, 6) is 1.02. The second-order valence-electron chi connectivity index (χ2n) is 6.52. The number of aliphatic imine (C=N–C) groups is 1. The van der Waals surface area contributed by atoms with Gasteiger partial charge in [0.25, 0.3) is 0 Å². The van der Waals surface area contributed by atoms with Crippen molar-refractivity contribution in [3.8, 4) is 11.5 Å². The fourth-order valence-electron chi connectivity index (χ4n) is 2.89. The number of piperidine rings is 1. The molecule has 138 valence electrons. The lowest BCUT2D eigenvalue weighted by Gasteiger charge is -2.25. The smallest absolute Gasteiger partial charge is 0.137 e. The predicted molar refractivity (Wildman–Crippen MR) is 107 cm³/mol. The molecule has 1 N–H and O–H groups in total. The number of halogens is 2. The first kappa shape index (κ1) is 18.9. The molecule has 0 amide bonds. The molecule has 0 radical (unpaired) electrons. The van der Waals surface area contributed by atoms with Gasteiger partial charge in [0.1, 0.15) is 23.7 Å². The molecule has 0 atom stereocenters. The Labute approximate surface area is 162 Å². The van der Waals surface area contributed by atoms with Crippen LogP contribution in [0.15, 0.2) is 39.8 Å². The van der Waals surface area contributed by atoms with Crippen molar-refractivity contribution < 1.29 is 9.13 Å². The summed E-state index contributed by atoms with van der Waals surface area (Å²) in [6.45, 7) is 6.10. The summed E-state index contributed by atoms with van der Waals surface area (Å²) in [7, 11) is 0. The fraction of sp³-hybridized carbons (Fsp3) is 0.350. The number of rotatable bonds is 5. The molecule has 26 heavy (non-hydrogen) atoms. The number of hydrogen-bond acceptors (Lipinski definition) is 3. The van der Waals surface area contributed by atoms with Crippen LogP contribution in [0.5, 0.6) is 11.5 Å². The van der Waals surface area contributed by atoms with E-state index in [4.69, 9.17) is 4.74 Å². The molecule has 2 aromatic rings. The van der Waals surface area contributed by atoms with Gasteiger partial charge in [0, 0.05) is 13.1 Å². The minimum Gasteiger partial charge on any atom is -0.457 e. The third kappa shape index (κ3) is 4.83. The molecule has 0 saturated carbocycles. The quantitative estimate of drug-likeness (QED) is 0.502. The van der Waals surface area contributed by atoms with Gasteiger partial charge in [0.2, 0.25) is 0 Å². The number of benzene rings is 2. The van der Waals surface area contributed by atoms with Gasteiger partial charge < -0.3 is 10.2 Å². The molecule has 4 nitrogen and oxygen atoms in total. The summed E-state index contributed by atoms with van der Waals surface area (Å²) in [6.07, 6.45) is 5.51. The van der Waals surface area contributed by atoms with Gasteiger partial charge in [-0.15, -0.1) is 0 Å². The van der Waals surface area contributed by atoms with Crippen LogP contribution in [0.25, 0.3) is 0 Å². The van der Waals surface area contributed by atoms with Gasteiger partial charge >= 0.3 is 0 Å². The lowest BCUT2D eigenvalue weighted by molar-refractivity contribution is 0.197. The molecule has 2 aromatic carbocycles. The molecular formula is C20H23BrFN3O. The van der Waals surface area contributed by atoms with Crippen molar-refractivity contribution >= 4 is 28.0 Å². The van der Waals surface area contributed by atoms with Crippen molar-refractivity contribution in [3.05, 3.63) is 51.7 Å². The largest absolute Gasteiger partial charge is 0.457 e. The van der Waals surface area contributed by atoms with Crippen LogP contribution in [-0.2, 0) is 0 Å². The van der Waals surface area contributed by atoms with Crippen molar-refractivity contribution in [2.75, 3.05) is 13.1 Å². The number of hydrazine groups is 1. The second kappa shape index (κ2) is 8.64. The summed E-state index contributed by atoms with van der Waals surface area (Å²) in [5.41, 5.74) is 6.15. The van der Waals surface area contributed by atoms with Crippen molar-refractivity contribution in [1.82, 2.24) is 10.4 Å². The maximum Gasteiger partial charge on any atom is 0.137 e. The van der Waals surface area contributed by atoms with Crippen molar-refractivity contribution in [1.29, 1.82) is 0 Å². The highest BCUT2D eigenvalue weighted by Gasteiger charge is 2.09. The standard InChI is InChI=1S/C20H23BrFN3O/c1-14-11-20(26-16-6-7-18(22)17(21)12-16)15(2)10-19(14)23-13-24-25-8-4-3-5-9-25/h6-7,10-13H,3-5,8-9H2,1-2H3,(H,23,24). The Bertz CT molecular complexity index is 804. The van der Waals surface area contributed by atoms with Crippen LogP contribution >= 0.6 is 15.9 Å². The van der Waals surface area contributed by atoms with Gasteiger partial charge in [-0.05, 0) is 84.1 Å². The van der Waals surface area contributed by atoms with Crippen LogP contribution in [0.2, 0.25) is 0 Å². The van der Waals surface area contributed by atoms with Gasteiger partial charge in [-0.3, -0.25) is 0 Å². The SMILES string of the molecule is Cc1cc(Oc2ccc(F)c(Br)c2)c(C)cc1N=CNN1CCCCC1. The monoisotopic (exact) mass is 419 g/mol. The summed E-state index contributed by atoms with van der Waals surface area (Å²) in [6, 6.07) is 8.58. The molecule has 1 heterocycles. The van der Waals surface area contributed by atoms with Crippen LogP contribution in [0, 0.1) is 19.7 Å². The van der Waals surface area contributed by atoms with E-state index in [-0.39, 0.29) is 5.82 Å². The minimum absolute atomic E-state index is 0.309. The fourth-order valence-corrected chi connectivity index (χ4v) is 3.25. The summed E-state index contributed by atoms with van der Waals surface area (Å²) < 4.78 is 19.7. The van der Waals surface area contributed by atoms with Gasteiger partial charge in [-0.25, -0.2) is 14.4 Å². The van der Waals surface area contributed by atoms with E-state index in [0.29, 0.717) is 10.2 Å². The van der Waals surface area contributed by atoms with Crippen molar-refractivity contribution in [3.63, 3.8) is 0 Å². The Morgan fingerprint density at radius 1 is 1.12 bits per heavy atom. The summed E-state index contributed by atoms with van der Waals surface area (Å²) in [4.78, 5) is 4.54. The van der Waals surface area contributed by atoms with Crippen molar-refractivity contribution in [2.24, 2.45) is 4.99 Å². The number of nitrogens with zero attached hydrogens (tertiary/aromatic N) is 2. The molecule has 1 fully saturated rings. The molecule has 0 spiro atoms. The Morgan fingerprint density at radius 3 is 2.62 bits per heavy atom. The maximum absolute atomic E-state index is 13.4. The highest BCUT2D eigenvalue weighted by molar-refractivity contribution is 9.10. The van der Waals surface area contributed by atoms with E-state index < -0.39 is 0 Å². The third-order valence-corrected chi connectivity index (χ3v) is 5.02. The number of hydrogen-bond donors (Lipinski definition) is 1. The average molecular weight is 420 g/mol. The van der Waals surface area contributed by atoms with Crippen LogP contribution < -0.4 is 10.2 Å². The summed E-state index contributed by atoms with van der Waals surface area (Å²) in [5, 5.41) is 2.19. The molecule has 1 saturated heterocycles. The lowest BCUT2D eigenvalue weighted by atomic mass is 10.1. The van der Waals surface area contributed by atoms with Crippen LogP contribution in [0.4, 0.5) is 10.1 Å².